The molecule has 0 bridgehead atoms. The molecule has 0 spiro atoms. The van der Waals surface area contributed by atoms with Gasteiger partial charge in [0.25, 0.3) is 5.56 Å². The smallest absolute Gasteiger partial charge is 0.267 e. The minimum Gasteiger partial charge on any atom is -0.298 e. The molecule has 1 saturated heterocycles. The summed E-state index contributed by atoms with van der Waals surface area (Å²) in [4.78, 5) is 15.0. The van der Waals surface area contributed by atoms with Crippen LogP contribution in [0.3, 0.4) is 0 Å². The van der Waals surface area contributed by atoms with Crippen LogP contribution in [0.25, 0.3) is 0 Å². The second kappa shape index (κ2) is 6.15. The Bertz CT molecular complexity index is 590. The maximum Gasteiger partial charge on any atom is 0.267 e. The number of fused-ring (bicyclic) bond motifs is 1. The van der Waals surface area contributed by atoms with Crippen molar-refractivity contribution in [2.24, 2.45) is 5.92 Å². The second-order valence-electron chi connectivity index (χ2n) is 7.43. The first kappa shape index (κ1) is 14.4. The molecular formula is C18H27N3O. The molecule has 1 atom stereocenters. The molecule has 22 heavy (non-hydrogen) atoms. The maximum atomic E-state index is 12.4. The van der Waals surface area contributed by atoms with Gasteiger partial charge in [-0.2, -0.15) is 5.10 Å². The van der Waals surface area contributed by atoms with Crippen LogP contribution in [0.15, 0.2) is 10.9 Å². The molecule has 1 aliphatic heterocycles. The number of likely N-dealkylation sites (tertiary alicyclic amines) is 1. The third-order valence-corrected chi connectivity index (χ3v) is 5.87. The van der Waals surface area contributed by atoms with Gasteiger partial charge in [0.1, 0.15) is 0 Å². The van der Waals surface area contributed by atoms with Crippen molar-refractivity contribution in [2.45, 2.75) is 70.4 Å². The minimum absolute atomic E-state index is 0.108. The van der Waals surface area contributed by atoms with E-state index in [0.29, 0.717) is 6.04 Å². The molecule has 1 aromatic rings. The highest BCUT2D eigenvalue weighted by atomic mass is 16.1. The summed E-state index contributed by atoms with van der Waals surface area (Å²) in [5.41, 5.74) is 2.48. The first-order valence-electron chi connectivity index (χ1n) is 9.13. The van der Waals surface area contributed by atoms with Gasteiger partial charge in [-0.25, -0.2) is 4.68 Å². The summed E-state index contributed by atoms with van der Waals surface area (Å²) < 4.78 is 1.76. The summed E-state index contributed by atoms with van der Waals surface area (Å²) in [6.45, 7) is 3.24. The zero-order valence-electron chi connectivity index (χ0n) is 13.5. The van der Waals surface area contributed by atoms with Crippen molar-refractivity contribution in [3.8, 4) is 0 Å². The number of hydrogen-bond donors (Lipinski definition) is 0. The Morgan fingerprint density at radius 3 is 2.73 bits per heavy atom. The lowest BCUT2D eigenvalue weighted by atomic mass is 9.85. The van der Waals surface area contributed by atoms with Crippen LogP contribution >= 0.6 is 0 Å². The highest BCUT2D eigenvalue weighted by molar-refractivity contribution is 5.20. The van der Waals surface area contributed by atoms with Crippen molar-refractivity contribution in [1.82, 2.24) is 14.7 Å². The first-order valence-corrected chi connectivity index (χ1v) is 9.13. The van der Waals surface area contributed by atoms with Crippen molar-refractivity contribution < 1.29 is 0 Å². The topological polar surface area (TPSA) is 38.1 Å². The Balaban J connectivity index is 1.48. The van der Waals surface area contributed by atoms with Gasteiger partial charge in [-0.3, -0.25) is 9.69 Å². The fourth-order valence-electron chi connectivity index (χ4n) is 4.28. The fourth-order valence-corrected chi connectivity index (χ4v) is 4.28. The summed E-state index contributed by atoms with van der Waals surface area (Å²) in [7, 11) is 0. The summed E-state index contributed by atoms with van der Waals surface area (Å²) in [5, 5.41) is 4.70. The number of nitrogens with zero attached hydrogens (tertiary/aromatic N) is 3. The lowest BCUT2D eigenvalue weighted by Gasteiger charge is -2.33. The lowest BCUT2D eigenvalue weighted by Crippen LogP contribution is -2.41. The molecule has 4 heteroatoms. The van der Waals surface area contributed by atoms with Crippen molar-refractivity contribution in [3.05, 3.63) is 27.7 Å². The number of aromatic nitrogens is 2. The van der Waals surface area contributed by atoms with Crippen LogP contribution in [0.2, 0.25) is 0 Å². The molecule has 1 saturated carbocycles. The molecule has 0 amide bonds. The highest BCUT2D eigenvalue weighted by Crippen LogP contribution is 2.30. The maximum absolute atomic E-state index is 12.4. The molecule has 2 fully saturated rings. The Morgan fingerprint density at radius 1 is 1.05 bits per heavy atom. The van der Waals surface area contributed by atoms with Gasteiger partial charge in [-0.15, -0.1) is 0 Å². The lowest BCUT2D eigenvalue weighted by molar-refractivity contribution is 0.153. The minimum atomic E-state index is 0.108. The van der Waals surface area contributed by atoms with E-state index in [2.05, 4.69) is 4.90 Å². The first-order chi connectivity index (χ1) is 10.8. The summed E-state index contributed by atoms with van der Waals surface area (Å²) in [6, 6.07) is 2.37. The Labute approximate surface area is 132 Å². The number of rotatable bonds is 4. The third-order valence-electron chi connectivity index (χ3n) is 5.87. The van der Waals surface area contributed by atoms with E-state index in [-0.39, 0.29) is 5.56 Å². The number of aryl methyl sites for hydroxylation is 2. The molecule has 4 rings (SSSR count). The van der Waals surface area contributed by atoms with Gasteiger partial charge in [-0.05, 0) is 69.4 Å². The molecule has 2 aliphatic carbocycles. The van der Waals surface area contributed by atoms with Crippen molar-refractivity contribution >= 4 is 0 Å². The standard InChI is InChI=1S/C18H27N3O/c22-18-11-15-7-1-2-9-17(15)19-21(18)13-16-8-4-10-20(16)12-14-5-3-6-14/h11,14,16H,1-10,12-13H2. The third kappa shape index (κ3) is 2.85. The van der Waals surface area contributed by atoms with Gasteiger partial charge in [-0.1, -0.05) is 6.42 Å². The van der Waals surface area contributed by atoms with E-state index in [4.69, 9.17) is 5.10 Å². The number of hydrogen-bond acceptors (Lipinski definition) is 3. The summed E-state index contributed by atoms with van der Waals surface area (Å²) in [6.07, 6.45) is 11.2. The van der Waals surface area contributed by atoms with Crippen LogP contribution in [-0.2, 0) is 19.4 Å². The largest absolute Gasteiger partial charge is 0.298 e. The predicted octanol–water partition coefficient (Wildman–Crippen LogP) is 2.39. The molecule has 0 radical (unpaired) electrons. The van der Waals surface area contributed by atoms with Crippen LogP contribution in [0.4, 0.5) is 0 Å². The van der Waals surface area contributed by atoms with E-state index >= 15 is 0 Å². The molecule has 1 aromatic heterocycles. The Morgan fingerprint density at radius 2 is 1.91 bits per heavy atom. The monoisotopic (exact) mass is 301 g/mol. The van der Waals surface area contributed by atoms with Crippen molar-refractivity contribution in [2.75, 3.05) is 13.1 Å². The SMILES string of the molecule is O=c1cc2c(nn1CC1CCCN1CC1CCC1)CCCC2. The van der Waals surface area contributed by atoms with Crippen LogP contribution in [-0.4, -0.2) is 33.8 Å². The van der Waals surface area contributed by atoms with Gasteiger partial charge < -0.3 is 0 Å². The van der Waals surface area contributed by atoms with Crippen molar-refractivity contribution in [3.63, 3.8) is 0 Å². The second-order valence-corrected chi connectivity index (χ2v) is 7.43. The normalized spacial score (nSPS) is 25.9. The molecule has 0 aromatic carbocycles. The van der Waals surface area contributed by atoms with Crippen LogP contribution in [0.1, 0.15) is 56.2 Å². The summed E-state index contributed by atoms with van der Waals surface area (Å²) >= 11 is 0. The van der Waals surface area contributed by atoms with Crippen LogP contribution < -0.4 is 5.56 Å². The molecule has 120 valence electrons. The zero-order chi connectivity index (χ0) is 14.9. The predicted molar refractivity (Wildman–Crippen MR) is 87.1 cm³/mol. The van der Waals surface area contributed by atoms with Crippen LogP contribution in [0.5, 0.6) is 0 Å². The van der Waals surface area contributed by atoms with E-state index in [9.17, 15) is 4.79 Å². The average Bonchev–Trinajstić information content (AvgIpc) is 2.91. The quantitative estimate of drug-likeness (QED) is 0.857. The van der Waals surface area contributed by atoms with Gasteiger partial charge in [0.2, 0.25) is 0 Å². The van der Waals surface area contributed by atoms with Gasteiger partial charge in [0, 0.05) is 18.7 Å². The van der Waals surface area contributed by atoms with E-state index in [1.807, 2.05) is 6.07 Å². The fraction of sp³-hybridized carbons (Fsp3) is 0.778. The molecule has 4 nitrogen and oxygen atoms in total. The molecule has 0 N–H and O–H groups in total. The van der Waals surface area contributed by atoms with Gasteiger partial charge in [0.05, 0.1) is 12.2 Å². The average molecular weight is 301 g/mol. The Kier molecular flexibility index (Phi) is 4.03. The van der Waals surface area contributed by atoms with E-state index in [0.717, 1.165) is 25.3 Å². The van der Waals surface area contributed by atoms with E-state index in [1.54, 1.807) is 4.68 Å². The molecule has 2 heterocycles. The van der Waals surface area contributed by atoms with E-state index < -0.39 is 0 Å². The molecule has 3 aliphatic rings. The van der Waals surface area contributed by atoms with Crippen LogP contribution in [0, 0.1) is 5.92 Å². The van der Waals surface area contributed by atoms with Gasteiger partial charge in [0.15, 0.2) is 0 Å². The molecular weight excluding hydrogens is 274 g/mol. The highest BCUT2D eigenvalue weighted by Gasteiger charge is 2.29. The molecule has 1 unspecified atom stereocenters. The zero-order valence-corrected chi connectivity index (χ0v) is 13.5. The summed E-state index contributed by atoms with van der Waals surface area (Å²) in [5.74, 6) is 0.911. The van der Waals surface area contributed by atoms with Crippen molar-refractivity contribution in [1.29, 1.82) is 0 Å². The Hall–Kier alpha value is -1.16. The van der Waals surface area contributed by atoms with E-state index in [1.165, 1.54) is 69.3 Å². The van der Waals surface area contributed by atoms with Gasteiger partial charge >= 0.3 is 0 Å².